The monoisotopic (exact) mass is 351 g/mol. The Kier molecular flexibility index (Phi) is 3.94. The maximum Gasteiger partial charge on any atom is 0.330 e. The van der Waals surface area contributed by atoms with Crippen molar-refractivity contribution in [3.05, 3.63) is 68.9 Å². The van der Waals surface area contributed by atoms with E-state index in [0.717, 1.165) is 9.53 Å². The van der Waals surface area contributed by atoms with Crippen LogP contribution >= 0.6 is 23.2 Å². The molecule has 0 aliphatic heterocycles. The van der Waals surface area contributed by atoms with E-state index in [1.165, 1.54) is 0 Å². The van der Waals surface area contributed by atoms with Crippen molar-refractivity contribution in [3.8, 4) is 17.3 Å². The van der Waals surface area contributed by atoms with Crippen molar-refractivity contribution < 1.29 is 9.94 Å². The smallest absolute Gasteiger partial charge is 0.330 e. The molecule has 1 aromatic heterocycles. The third-order valence-electron chi connectivity index (χ3n) is 3.10. The Bertz CT molecular complexity index is 899. The first kappa shape index (κ1) is 15.3. The maximum atomic E-state index is 12.2. The number of anilines is 1. The molecule has 0 saturated heterocycles. The van der Waals surface area contributed by atoms with Crippen LogP contribution in [-0.4, -0.2) is 14.6 Å². The quantitative estimate of drug-likeness (QED) is 0.759. The number of nitrogens with two attached hydrogens (primary N) is 1. The van der Waals surface area contributed by atoms with Crippen LogP contribution in [0.25, 0.3) is 5.69 Å². The van der Waals surface area contributed by atoms with Crippen LogP contribution < -0.4 is 16.1 Å². The van der Waals surface area contributed by atoms with Crippen molar-refractivity contribution >= 4 is 28.9 Å². The van der Waals surface area contributed by atoms with Gasteiger partial charge in [0.05, 0.1) is 5.69 Å². The lowest BCUT2D eigenvalue weighted by Gasteiger charge is -2.12. The molecule has 3 rings (SSSR count). The van der Waals surface area contributed by atoms with E-state index in [1.807, 2.05) is 0 Å². The molecule has 8 heteroatoms. The fourth-order valence-corrected chi connectivity index (χ4v) is 2.23. The lowest BCUT2D eigenvalue weighted by Crippen LogP contribution is -2.27. The molecule has 0 amide bonds. The van der Waals surface area contributed by atoms with Gasteiger partial charge in [0.2, 0.25) is 5.88 Å². The van der Waals surface area contributed by atoms with Gasteiger partial charge in [-0.05, 0) is 48.5 Å². The van der Waals surface area contributed by atoms with E-state index < -0.39 is 11.4 Å². The summed E-state index contributed by atoms with van der Waals surface area (Å²) in [6.07, 6.45) is 0. The number of rotatable bonds is 3. The predicted octanol–water partition coefficient (Wildman–Crippen LogP) is 3.08. The molecule has 0 aliphatic carbocycles. The molecule has 2 aromatic carbocycles. The average Bonchev–Trinajstić information content (AvgIpc) is 2.75. The predicted molar refractivity (Wildman–Crippen MR) is 88.6 cm³/mol. The van der Waals surface area contributed by atoms with Gasteiger partial charge in [-0.3, -0.25) is 4.79 Å². The third kappa shape index (κ3) is 2.86. The molecule has 0 spiro atoms. The van der Waals surface area contributed by atoms with Gasteiger partial charge in [-0.15, -0.1) is 0 Å². The number of nitrogens with zero attached hydrogens (tertiary/aromatic N) is 2. The molecular formula is C15H11Cl2N3O3. The summed E-state index contributed by atoms with van der Waals surface area (Å²) in [5.74, 6) is -0.0736. The summed E-state index contributed by atoms with van der Waals surface area (Å²) in [5.41, 5.74) is 5.06. The molecule has 6 nitrogen and oxygen atoms in total. The van der Waals surface area contributed by atoms with E-state index in [0.29, 0.717) is 21.5 Å². The minimum Gasteiger partial charge on any atom is -0.492 e. The standard InChI is InChI=1S/C15H11Cl2N3O3/c16-9-1-5-11(6-2-9)19-14(21)13(18)15(22)20(19)23-12-7-3-10(17)4-8-12/h1-8,21H,18H2. The molecule has 0 unspecified atom stereocenters. The fourth-order valence-electron chi connectivity index (χ4n) is 1.98. The molecule has 1 heterocycles. The van der Waals surface area contributed by atoms with Gasteiger partial charge in [-0.1, -0.05) is 28.0 Å². The van der Waals surface area contributed by atoms with Crippen molar-refractivity contribution in [2.75, 3.05) is 5.73 Å². The van der Waals surface area contributed by atoms with Crippen LogP contribution in [0.15, 0.2) is 53.3 Å². The van der Waals surface area contributed by atoms with Crippen LogP contribution in [0.2, 0.25) is 10.0 Å². The van der Waals surface area contributed by atoms with E-state index in [-0.39, 0.29) is 5.69 Å². The molecule has 0 atom stereocenters. The third-order valence-corrected chi connectivity index (χ3v) is 3.61. The number of aromatic hydroxyl groups is 1. The first-order valence-corrected chi connectivity index (χ1v) is 7.25. The van der Waals surface area contributed by atoms with Crippen LogP contribution in [0, 0.1) is 0 Å². The van der Waals surface area contributed by atoms with E-state index in [1.54, 1.807) is 48.5 Å². The summed E-state index contributed by atoms with van der Waals surface area (Å²) in [5, 5.41) is 11.2. The lowest BCUT2D eigenvalue weighted by molar-refractivity contribution is 0.144. The first-order chi connectivity index (χ1) is 11.0. The number of hydrogen-bond acceptors (Lipinski definition) is 4. The van der Waals surface area contributed by atoms with Crippen molar-refractivity contribution in [3.63, 3.8) is 0 Å². The second-order valence-electron chi connectivity index (χ2n) is 4.65. The largest absolute Gasteiger partial charge is 0.492 e. The topological polar surface area (TPSA) is 82.4 Å². The van der Waals surface area contributed by atoms with Crippen molar-refractivity contribution in [1.82, 2.24) is 9.53 Å². The Balaban J connectivity index is 2.12. The number of aromatic nitrogens is 2. The lowest BCUT2D eigenvalue weighted by atomic mass is 10.3. The Morgan fingerprint density at radius 1 is 0.957 bits per heavy atom. The molecular weight excluding hydrogens is 341 g/mol. The fraction of sp³-hybridized carbons (Fsp3) is 0. The second kappa shape index (κ2) is 5.91. The molecule has 3 aromatic rings. The Morgan fingerprint density at radius 3 is 2.04 bits per heavy atom. The molecule has 0 saturated carbocycles. The minimum atomic E-state index is -0.688. The zero-order valence-electron chi connectivity index (χ0n) is 11.6. The maximum absolute atomic E-state index is 12.2. The van der Waals surface area contributed by atoms with Crippen molar-refractivity contribution in [2.45, 2.75) is 0 Å². The van der Waals surface area contributed by atoms with Crippen LogP contribution in [0.1, 0.15) is 0 Å². The van der Waals surface area contributed by atoms with Crippen LogP contribution in [0.3, 0.4) is 0 Å². The summed E-state index contributed by atoms with van der Waals surface area (Å²) in [6, 6.07) is 12.8. The Labute approximate surface area is 140 Å². The minimum absolute atomic E-state index is 0.325. The zero-order chi connectivity index (χ0) is 16.6. The first-order valence-electron chi connectivity index (χ1n) is 6.49. The molecule has 118 valence electrons. The highest BCUT2D eigenvalue weighted by molar-refractivity contribution is 6.30. The molecule has 0 radical (unpaired) electrons. The van der Waals surface area contributed by atoms with Gasteiger partial charge < -0.3 is 15.7 Å². The summed E-state index contributed by atoms with van der Waals surface area (Å²) in [4.78, 5) is 18.6. The molecule has 0 fully saturated rings. The average molecular weight is 352 g/mol. The molecule has 3 N–H and O–H groups in total. The van der Waals surface area contributed by atoms with Crippen molar-refractivity contribution in [2.24, 2.45) is 0 Å². The SMILES string of the molecule is Nc1c(O)n(-c2ccc(Cl)cc2)n(Oc2ccc(Cl)cc2)c1=O. The van der Waals surface area contributed by atoms with Crippen LogP contribution in [0.5, 0.6) is 11.6 Å². The highest BCUT2D eigenvalue weighted by atomic mass is 35.5. The highest BCUT2D eigenvalue weighted by Gasteiger charge is 2.20. The van der Waals surface area contributed by atoms with Crippen LogP contribution in [-0.2, 0) is 0 Å². The Morgan fingerprint density at radius 2 is 1.48 bits per heavy atom. The van der Waals surface area contributed by atoms with Gasteiger partial charge in [0.25, 0.3) is 0 Å². The van der Waals surface area contributed by atoms with Crippen molar-refractivity contribution in [1.29, 1.82) is 0 Å². The molecule has 23 heavy (non-hydrogen) atoms. The summed E-state index contributed by atoms with van der Waals surface area (Å²) in [7, 11) is 0. The van der Waals surface area contributed by atoms with E-state index in [4.69, 9.17) is 33.8 Å². The summed E-state index contributed by atoms with van der Waals surface area (Å²) in [6.45, 7) is 0. The number of nitrogen functional groups attached to an aromatic ring is 1. The number of hydrogen-bond donors (Lipinski definition) is 2. The van der Waals surface area contributed by atoms with Gasteiger partial charge in [-0.2, -0.15) is 4.68 Å². The highest BCUT2D eigenvalue weighted by Crippen LogP contribution is 2.24. The number of halogens is 2. The zero-order valence-corrected chi connectivity index (χ0v) is 13.1. The Hall–Kier alpha value is -2.57. The van der Waals surface area contributed by atoms with E-state index in [2.05, 4.69) is 0 Å². The van der Waals surface area contributed by atoms with Crippen LogP contribution in [0.4, 0.5) is 5.69 Å². The van der Waals surface area contributed by atoms with Gasteiger partial charge in [0.15, 0.2) is 11.4 Å². The van der Waals surface area contributed by atoms with Gasteiger partial charge >= 0.3 is 5.56 Å². The number of benzene rings is 2. The second-order valence-corrected chi connectivity index (χ2v) is 5.52. The van der Waals surface area contributed by atoms with E-state index in [9.17, 15) is 9.90 Å². The molecule has 0 aliphatic rings. The van der Waals surface area contributed by atoms with E-state index >= 15 is 0 Å². The molecule has 0 bridgehead atoms. The normalized spacial score (nSPS) is 10.7. The van der Waals surface area contributed by atoms with Gasteiger partial charge in [0, 0.05) is 10.0 Å². The van der Waals surface area contributed by atoms with Gasteiger partial charge in [0.1, 0.15) is 0 Å². The summed E-state index contributed by atoms with van der Waals surface area (Å²) >= 11 is 11.7. The summed E-state index contributed by atoms with van der Waals surface area (Å²) < 4.78 is 1.14. The van der Waals surface area contributed by atoms with Gasteiger partial charge in [-0.25, -0.2) is 0 Å².